The van der Waals surface area contributed by atoms with Crippen molar-refractivity contribution in [2.45, 2.75) is 40.0 Å². The molecule has 1 saturated carbocycles. The van der Waals surface area contributed by atoms with Gasteiger partial charge in [-0.25, -0.2) is 0 Å². The maximum Gasteiger partial charge on any atom is -0.0206 e. The van der Waals surface area contributed by atoms with Gasteiger partial charge in [-0.3, -0.25) is 0 Å². The lowest BCUT2D eigenvalue weighted by Gasteiger charge is -2.14. The molecule has 0 amide bonds. The van der Waals surface area contributed by atoms with Gasteiger partial charge in [-0.1, -0.05) is 26.0 Å². The molecule has 0 bridgehead atoms. The van der Waals surface area contributed by atoms with E-state index in [1.807, 2.05) is 0 Å². The average molecular weight is 152 g/mol. The topological polar surface area (TPSA) is 0 Å². The molecule has 0 aromatic carbocycles. The zero-order valence-electron chi connectivity index (χ0n) is 8.06. The van der Waals surface area contributed by atoms with Gasteiger partial charge in [0.25, 0.3) is 0 Å². The Kier molecular flexibility index (Phi) is 2.75. The van der Waals surface area contributed by atoms with Crippen LogP contribution in [0.5, 0.6) is 0 Å². The quantitative estimate of drug-likeness (QED) is 0.530. The number of rotatable bonds is 2. The van der Waals surface area contributed by atoms with Gasteiger partial charge in [-0.2, -0.15) is 0 Å². The van der Waals surface area contributed by atoms with E-state index in [1.165, 1.54) is 24.8 Å². The van der Waals surface area contributed by atoms with Crippen molar-refractivity contribution < 1.29 is 0 Å². The molecular formula is C11H20. The molecule has 0 radical (unpaired) electrons. The van der Waals surface area contributed by atoms with Gasteiger partial charge < -0.3 is 0 Å². The van der Waals surface area contributed by atoms with E-state index in [0.29, 0.717) is 0 Å². The first-order valence-corrected chi connectivity index (χ1v) is 4.76. The van der Waals surface area contributed by atoms with Crippen LogP contribution in [-0.4, -0.2) is 0 Å². The minimum absolute atomic E-state index is 0.836. The van der Waals surface area contributed by atoms with Gasteiger partial charge in [0.15, 0.2) is 0 Å². The Labute approximate surface area is 70.7 Å². The first kappa shape index (κ1) is 8.83. The second kappa shape index (κ2) is 3.42. The van der Waals surface area contributed by atoms with Gasteiger partial charge in [0.1, 0.15) is 0 Å². The molecule has 0 N–H and O–H groups in total. The summed E-state index contributed by atoms with van der Waals surface area (Å²) in [6.07, 6.45) is 4.21. The third-order valence-electron chi connectivity index (χ3n) is 3.11. The van der Waals surface area contributed by atoms with Crippen LogP contribution in [0.3, 0.4) is 0 Å². The highest BCUT2D eigenvalue weighted by Gasteiger charge is 2.26. The fraction of sp³-hybridized carbons (Fsp3) is 0.818. The van der Waals surface area contributed by atoms with Crippen LogP contribution in [0.25, 0.3) is 0 Å². The van der Waals surface area contributed by atoms with Crippen molar-refractivity contribution in [3.63, 3.8) is 0 Å². The highest BCUT2D eigenvalue weighted by molar-refractivity contribution is 5.00. The summed E-state index contributed by atoms with van der Waals surface area (Å²) in [5.74, 6) is 2.68. The van der Waals surface area contributed by atoms with Gasteiger partial charge in [0.05, 0.1) is 0 Å². The first-order valence-electron chi connectivity index (χ1n) is 4.76. The Hall–Kier alpha value is -0.260. The van der Waals surface area contributed by atoms with E-state index in [9.17, 15) is 0 Å². The summed E-state index contributed by atoms with van der Waals surface area (Å²) < 4.78 is 0. The van der Waals surface area contributed by atoms with Gasteiger partial charge in [-0.15, -0.1) is 0 Å². The van der Waals surface area contributed by atoms with Crippen molar-refractivity contribution in [1.82, 2.24) is 0 Å². The maximum absolute atomic E-state index is 4.03. The molecule has 1 fully saturated rings. The molecule has 0 aromatic heterocycles. The van der Waals surface area contributed by atoms with Crippen molar-refractivity contribution in [2.75, 3.05) is 0 Å². The molecule has 0 spiro atoms. The van der Waals surface area contributed by atoms with Crippen molar-refractivity contribution >= 4 is 0 Å². The summed E-state index contributed by atoms with van der Waals surface area (Å²) in [6, 6.07) is 0. The molecule has 2 unspecified atom stereocenters. The molecule has 0 saturated heterocycles. The zero-order chi connectivity index (χ0) is 8.43. The molecular weight excluding hydrogens is 132 g/mol. The monoisotopic (exact) mass is 152 g/mol. The van der Waals surface area contributed by atoms with Crippen LogP contribution in [0.15, 0.2) is 12.2 Å². The predicted molar refractivity (Wildman–Crippen MR) is 50.5 cm³/mol. The van der Waals surface area contributed by atoms with Gasteiger partial charge >= 0.3 is 0 Å². The zero-order valence-corrected chi connectivity index (χ0v) is 8.06. The molecule has 2 atom stereocenters. The number of allylic oxidation sites excluding steroid dienone is 1. The second-order valence-electron chi connectivity index (χ2n) is 4.36. The second-order valence-corrected chi connectivity index (χ2v) is 4.36. The fourth-order valence-electron chi connectivity index (χ4n) is 2.07. The molecule has 0 aromatic rings. The standard InChI is InChI=1S/C11H20/c1-8(2)10-5-6-11(7-10)9(3)4/h9-11H,1,5-7H2,2-4H3. The Bertz CT molecular complexity index is 144. The first-order chi connectivity index (χ1) is 5.11. The Morgan fingerprint density at radius 1 is 1.36 bits per heavy atom. The van der Waals surface area contributed by atoms with Crippen molar-refractivity contribution in [1.29, 1.82) is 0 Å². The molecule has 1 aliphatic rings. The minimum Gasteiger partial charge on any atom is -0.0999 e. The molecule has 64 valence electrons. The van der Waals surface area contributed by atoms with E-state index in [4.69, 9.17) is 0 Å². The predicted octanol–water partition coefficient (Wildman–Crippen LogP) is 3.63. The SMILES string of the molecule is C=C(C)C1CCC(C(C)C)C1. The van der Waals surface area contributed by atoms with Gasteiger partial charge in [0, 0.05) is 0 Å². The van der Waals surface area contributed by atoms with Crippen molar-refractivity contribution in [2.24, 2.45) is 17.8 Å². The van der Waals surface area contributed by atoms with Crippen LogP contribution in [0.1, 0.15) is 40.0 Å². The smallest absolute Gasteiger partial charge is 0.0206 e. The Morgan fingerprint density at radius 3 is 2.27 bits per heavy atom. The van der Waals surface area contributed by atoms with Crippen LogP contribution in [0.4, 0.5) is 0 Å². The van der Waals surface area contributed by atoms with E-state index in [1.54, 1.807) is 0 Å². The van der Waals surface area contributed by atoms with E-state index in [2.05, 4.69) is 27.4 Å². The van der Waals surface area contributed by atoms with Crippen LogP contribution in [0.2, 0.25) is 0 Å². The van der Waals surface area contributed by atoms with E-state index >= 15 is 0 Å². The van der Waals surface area contributed by atoms with Crippen LogP contribution in [-0.2, 0) is 0 Å². The van der Waals surface area contributed by atoms with E-state index < -0.39 is 0 Å². The molecule has 0 nitrogen and oxygen atoms in total. The van der Waals surface area contributed by atoms with Crippen molar-refractivity contribution in [3.8, 4) is 0 Å². The molecule has 0 aliphatic heterocycles. The summed E-state index contributed by atoms with van der Waals surface area (Å²) in [5.41, 5.74) is 1.40. The largest absolute Gasteiger partial charge is 0.0999 e. The lowest BCUT2D eigenvalue weighted by atomic mass is 9.92. The van der Waals surface area contributed by atoms with Crippen LogP contribution < -0.4 is 0 Å². The highest BCUT2D eigenvalue weighted by atomic mass is 14.3. The van der Waals surface area contributed by atoms with E-state index in [0.717, 1.165) is 17.8 Å². The molecule has 1 aliphatic carbocycles. The van der Waals surface area contributed by atoms with E-state index in [-0.39, 0.29) is 0 Å². The Morgan fingerprint density at radius 2 is 2.00 bits per heavy atom. The summed E-state index contributed by atoms with van der Waals surface area (Å²) in [7, 11) is 0. The lowest BCUT2D eigenvalue weighted by molar-refractivity contribution is 0.387. The van der Waals surface area contributed by atoms with Crippen LogP contribution in [0, 0.1) is 17.8 Å². The summed E-state index contributed by atoms with van der Waals surface area (Å²) in [5, 5.41) is 0. The fourth-order valence-corrected chi connectivity index (χ4v) is 2.07. The summed E-state index contributed by atoms with van der Waals surface area (Å²) >= 11 is 0. The van der Waals surface area contributed by atoms with Crippen LogP contribution >= 0.6 is 0 Å². The molecule has 1 rings (SSSR count). The third-order valence-corrected chi connectivity index (χ3v) is 3.11. The highest BCUT2D eigenvalue weighted by Crippen LogP contribution is 2.38. The molecule has 0 heteroatoms. The molecule has 11 heavy (non-hydrogen) atoms. The third kappa shape index (κ3) is 2.08. The molecule has 0 heterocycles. The van der Waals surface area contributed by atoms with Gasteiger partial charge in [0.2, 0.25) is 0 Å². The maximum atomic E-state index is 4.03. The number of hydrogen-bond donors (Lipinski definition) is 0. The Balaban J connectivity index is 2.41. The normalized spacial score (nSPS) is 31.3. The lowest BCUT2D eigenvalue weighted by Crippen LogP contribution is -2.04. The summed E-state index contributed by atoms with van der Waals surface area (Å²) in [4.78, 5) is 0. The number of hydrogen-bond acceptors (Lipinski definition) is 0. The van der Waals surface area contributed by atoms with Gasteiger partial charge in [-0.05, 0) is 43.9 Å². The minimum atomic E-state index is 0.836. The van der Waals surface area contributed by atoms with Crippen molar-refractivity contribution in [3.05, 3.63) is 12.2 Å². The summed E-state index contributed by atoms with van der Waals surface area (Å²) in [6.45, 7) is 10.9. The average Bonchev–Trinajstić information content (AvgIpc) is 2.33.